The maximum absolute atomic E-state index is 12.1. The molecule has 0 atom stereocenters. The molecule has 3 aromatic rings. The molecule has 3 rings (SSSR count). The molecule has 0 aliphatic heterocycles. The van der Waals surface area contributed by atoms with Gasteiger partial charge in [0.05, 0.1) is 6.21 Å². The van der Waals surface area contributed by atoms with E-state index in [1.807, 2.05) is 54.6 Å². The lowest BCUT2D eigenvalue weighted by Gasteiger charge is -2.06. The van der Waals surface area contributed by atoms with E-state index in [0.717, 1.165) is 16.9 Å². The van der Waals surface area contributed by atoms with Crippen LogP contribution < -0.4 is 15.5 Å². The Morgan fingerprint density at radius 3 is 2.28 bits per heavy atom. The van der Waals surface area contributed by atoms with Gasteiger partial charge in [-0.2, -0.15) is 5.10 Å². The highest BCUT2D eigenvalue weighted by Crippen LogP contribution is 2.13. The second-order valence-electron chi connectivity index (χ2n) is 6.30. The van der Waals surface area contributed by atoms with Gasteiger partial charge in [-0.15, -0.1) is 0 Å². The minimum atomic E-state index is -0.335. The Hall–Kier alpha value is -3.93. The molecule has 3 aromatic carbocycles. The molecule has 0 saturated heterocycles. The van der Waals surface area contributed by atoms with Crippen LogP contribution in [0.3, 0.4) is 0 Å². The van der Waals surface area contributed by atoms with Gasteiger partial charge in [0.1, 0.15) is 12.4 Å². The first-order valence-corrected chi connectivity index (χ1v) is 9.08. The average Bonchev–Trinajstić information content (AvgIpc) is 2.74. The third kappa shape index (κ3) is 6.32. The Kier molecular flexibility index (Phi) is 6.73. The predicted molar refractivity (Wildman–Crippen MR) is 113 cm³/mol. The van der Waals surface area contributed by atoms with Crippen LogP contribution in [0.4, 0.5) is 5.69 Å². The number of nitrogens with zero attached hydrogens (tertiary/aromatic N) is 1. The van der Waals surface area contributed by atoms with E-state index in [1.54, 1.807) is 30.5 Å². The van der Waals surface area contributed by atoms with E-state index in [1.165, 1.54) is 6.92 Å². The van der Waals surface area contributed by atoms with Crippen LogP contribution in [0.5, 0.6) is 5.75 Å². The lowest BCUT2D eigenvalue weighted by Crippen LogP contribution is -2.17. The summed E-state index contributed by atoms with van der Waals surface area (Å²) in [6, 6.07) is 23.9. The van der Waals surface area contributed by atoms with Crippen LogP contribution in [-0.4, -0.2) is 18.0 Å². The number of hydrogen-bond acceptors (Lipinski definition) is 4. The van der Waals surface area contributed by atoms with Gasteiger partial charge in [-0.05, 0) is 59.7 Å². The smallest absolute Gasteiger partial charge is 0.271 e. The van der Waals surface area contributed by atoms with Gasteiger partial charge < -0.3 is 10.1 Å². The fourth-order valence-electron chi connectivity index (χ4n) is 2.53. The number of amides is 2. The zero-order valence-electron chi connectivity index (χ0n) is 16.0. The van der Waals surface area contributed by atoms with Crippen molar-refractivity contribution in [2.24, 2.45) is 5.10 Å². The number of hydrogen-bond donors (Lipinski definition) is 2. The first-order valence-electron chi connectivity index (χ1n) is 9.08. The van der Waals surface area contributed by atoms with Crippen molar-refractivity contribution in [3.63, 3.8) is 0 Å². The molecular weight excluding hydrogens is 366 g/mol. The molecule has 0 fully saturated rings. The maximum Gasteiger partial charge on any atom is 0.271 e. The van der Waals surface area contributed by atoms with Crippen molar-refractivity contribution >= 4 is 23.7 Å². The Morgan fingerprint density at radius 1 is 0.931 bits per heavy atom. The summed E-state index contributed by atoms with van der Waals surface area (Å²) in [4.78, 5) is 23.1. The maximum atomic E-state index is 12.1. The topological polar surface area (TPSA) is 79.8 Å². The summed E-state index contributed by atoms with van der Waals surface area (Å²) in [5, 5.41) is 6.62. The highest BCUT2D eigenvalue weighted by atomic mass is 16.5. The summed E-state index contributed by atoms with van der Waals surface area (Å²) in [5.41, 5.74) is 5.49. The van der Waals surface area contributed by atoms with Gasteiger partial charge >= 0.3 is 0 Å². The van der Waals surface area contributed by atoms with Crippen LogP contribution in [-0.2, 0) is 11.4 Å². The van der Waals surface area contributed by atoms with Crippen LogP contribution in [0.25, 0.3) is 0 Å². The standard InChI is InChI=1S/C23H21N3O3/c1-17(27)25-21-11-9-20(10-12-21)23(28)26-24-15-18-7-13-22(14-8-18)29-16-19-5-3-2-4-6-19/h2-15H,16H2,1H3,(H,25,27)(H,26,28)/b24-15+. The minimum Gasteiger partial charge on any atom is -0.489 e. The van der Waals surface area contributed by atoms with Crippen molar-refractivity contribution < 1.29 is 14.3 Å². The van der Waals surface area contributed by atoms with Crippen LogP contribution in [0.15, 0.2) is 84.0 Å². The lowest BCUT2D eigenvalue weighted by atomic mass is 10.2. The molecule has 29 heavy (non-hydrogen) atoms. The van der Waals surface area contributed by atoms with Crippen LogP contribution in [0, 0.1) is 0 Å². The largest absolute Gasteiger partial charge is 0.489 e. The molecule has 0 heterocycles. The van der Waals surface area contributed by atoms with Gasteiger partial charge in [0.2, 0.25) is 5.91 Å². The van der Waals surface area contributed by atoms with Gasteiger partial charge in [-0.25, -0.2) is 5.43 Å². The Bertz CT molecular complexity index is 982. The summed E-state index contributed by atoms with van der Waals surface area (Å²) < 4.78 is 5.74. The second kappa shape index (κ2) is 9.85. The molecule has 0 saturated carbocycles. The predicted octanol–water partition coefficient (Wildman–Crippen LogP) is 3.99. The Balaban J connectivity index is 1.49. The number of ether oxygens (including phenoxy) is 1. The quantitative estimate of drug-likeness (QED) is 0.475. The van der Waals surface area contributed by atoms with E-state index < -0.39 is 0 Å². The van der Waals surface area contributed by atoms with Crippen LogP contribution >= 0.6 is 0 Å². The third-order valence-electron chi connectivity index (χ3n) is 3.98. The van der Waals surface area contributed by atoms with Gasteiger partial charge in [-0.3, -0.25) is 9.59 Å². The van der Waals surface area contributed by atoms with Gasteiger partial charge in [0.15, 0.2) is 0 Å². The molecule has 6 heteroatoms. The summed E-state index contributed by atoms with van der Waals surface area (Å²) in [5.74, 6) is 0.260. The molecule has 0 bridgehead atoms. The molecule has 0 radical (unpaired) electrons. The van der Waals surface area contributed by atoms with Gasteiger partial charge in [0.25, 0.3) is 5.91 Å². The van der Waals surface area contributed by atoms with Gasteiger partial charge in [-0.1, -0.05) is 30.3 Å². The number of nitrogens with one attached hydrogen (secondary N) is 2. The molecule has 0 aliphatic rings. The molecule has 0 unspecified atom stereocenters. The first kappa shape index (κ1) is 19.8. The lowest BCUT2D eigenvalue weighted by molar-refractivity contribution is -0.114. The monoisotopic (exact) mass is 387 g/mol. The molecule has 146 valence electrons. The van der Waals surface area contributed by atoms with E-state index in [4.69, 9.17) is 4.74 Å². The third-order valence-corrected chi connectivity index (χ3v) is 3.98. The normalized spacial score (nSPS) is 10.5. The SMILES string of the molecule is CC(=O)Nc1ccc(C(=O)N/N=C/c2ccc(OCc3ccccc3)cc2)cc1. The van der Waals surface area contributed by atoms with Crippen molar-refractivity contribution in [2.45, 2.75) is 13.5 Å². The van der Waals surface area contributed by atoms with Crippen LogP contribution in [0.1, 0.15) is 28.4 Å². The van der Waals surface area contributed by atoms with Crippen molar-refractivity contribution in [3.8, 4) is 5.75 Å². The number of carbonyl (C=O) groups is 2. The highest BCUT2D eigenvalue weighted by molar-refractivity contribution is 5.96. The van der Waals surface area contributed by atoms with Crippen molar-refractivity contribution in [3.05, 3.63) is 95.6 Å². The fraction of sp³-hybridized carbons (Fsp3) is 0.0870. The molecule has 0 aromatic heterocycles. The zero-order chi connectivity index (χ0) is 20.5. The molecule has 0 aliphatic carbocycles. The molecule has 2 amide bonds. The van der Waals surface area contributed by atoms with E-state index in [-0.39, 0.29) is 11.8 Å². The van der Waals surface area contributed by atoms with Crippen molar-refractivity contribution in [2.75, 3.05) is 5.32 Å². The number of anilines is 1. The number of carbonyl (C=O) groups excluding carboxylic acids is 2. The Labute approximate surface area is 169 Å². The average molecular weight is 387 g/mol. The first-order chi connectivity index (χ1) is 14.1. The number of benzene rings is 3. The summed E-state index contributed by atoms with van der Waals surface area (Å²) >= 11 is 0. The van der Waals surface area contributed by atoms with Crippen molar-refractivity contribution in [1.29, 1.82) is 0 Å². The summed E-state index contributed by atoms with van der Waals surface area (Å²) in [6.45, 7) is 1.93. The number of hydrazone groups is 1. The number of rotatable bonds is 7. The molecule has 6 nitrogen and oxygen atoms in total. The molecular formula is C23H21N3O3. The molecule has 0 spiro atoms. The van der Waals surface area contributed by atoms with E-state index in [9.17, 15) is 9.59 Å². The summed E-state index contributed by atoms with van der Waals surface area (Å²) in [6.07, 6.45) is 1.56. The second-order valence-corrected chi connectivity index (χ2v) is 6.30. The van der Waals surface area contributed by atoms with E-state index >= 15 is 0 Å². The summed E-state index contributed by atoms with van der Waals surface area (Å²) in [7, 11) is 0. The highest BCUT2D eigenvalue weighted by Gasteiger charge is 2.04. The minimum absolute atomic E-state index is 0.164. The Morgan fingerprint density at radius 2 is 1.62 bits per heavy atom. The zero-order valence-corrected chi connectivity index (χ0v) is 16.0. The van der Waals surface area contributed by atoms with Crippen molar-refractivity contribution in [1.82, 2.24) is 5.43 Å². The van der Waals surface area contributed by atoms with Gasteiger partial charge in [0, 0.05) is 18.2 Å². The van der Waals surface area contributed by atoms with Crippen LogP contribution in [0.2, 0.25) is 0 Å². The van der Waals surface area contributed by atoms with E-state index in [2.05, 4.69) is 15.8 Å². The molecule has 2 N–H and O–H groups in total. The van der Waals surface area contributed by atoms with E-state index in [0.29, 0.717) is 17.9 Å². The fourth-order valence-corrected chi connectivity index (χ4v) is 2.53.